The molecular weight excluding hydrogens is 252 g/mol. The number of fused-ring (bicyclic) bond motifs is 1. The second kappa shape index (κ2) is 4.96. The summed E-state index contributed by atoms with van der Waals surface area (Å²) in [7, 11) is 0. The predicted octanol–water partition coefficient (Wildman–Crippen LogP) is 3.38. The molecule has 0 atom stereocenters. The molecule has 0 saturated heterocycles. The van der Waals surface area contributed by atoms with Crippen LogP contribution < -0.4 is 5.56 Å². The predicted molar refractivity (Wildman–Crippen MR) is 78.6 cm³/mol. The molecule has 0 aliphatic heterocycles. The minimum atomic E-state index is -0.129. The normalized spacial score (nSPS) is 11.3. The van der Waals surface area contributed by atoms with Crippen molar-refractivity contribution in [2.24, 2.45) is 5.92 Å². The molecule has 2 heterocycles. The Kier molecular flexibility index (Phi) is 3.14. The third-order valence-corrected chi connectivity index (χ3v) is 3.15. The Hall–Kier alpha value is -2.36. The van der Waals surface area contributed by atoms with Gasteiger partial charge in [-0.3, -0.25) is 4.79 Å². The molecular formula is C16H16N2O2. The van der Waals surface area contributed by atoms with Gasteiger partial charge in [0.15, 0.2) is 0 Å². The average molecular weight is 268 g/mol. The first kappa shape index (κ1) is 12.7. The lowest BCUT2D eigenvalue weighted by atomic mass is 10.1. The van der Waals surface area contributed by atoms with Gasteiger partial charge < -0.3 is 9.40 Å². The molecule has 2 aromatic heterocycles. The summed E-state index contributed by atoms with van der Waals surface area (Å²) >= 11 is 0. The van der Waals surface area contributed by atoms with Gasteiger partial charge in [0.2, 0.25) is 0 Å². The number of aromatic nitrogens is 2. The van der Waals surface area contributed by atoms with Crippen LogP contribution in [0, 0.1) is 5.92 Å². The van der Waals surface area contributed by atoms with E-state index in [1.807, 2.05) is 24.3 Å². The molecule has 0 fully saturated rings. The van der Waals surface area contributed by atoms with Crippen LogP contribution in [0.4, 0.5) is 0 Å². The van der Waals surface area contributed by atoms with Crippen molar-refractivity contribution in [3.63, 3.8) is 0 Å². The summed E-state index contributed by atoms with van der Waals surface area (Å²) in [5.74, 6) is 1.02. The lowest BCUT2D eigenvalue weighted by Gasteiger charge is -2.05. The fourth-order valence-corrected chi connectivity index (χ4v) is 2.32. The Morgan fingerprint density at radius 3 is 2.90 bits per heavy atom. The Balaban J connectivity index is 2.14. The van der Waals surface area contributed by atoms with E-state index in [9.17, 15) is 4.79 Å². The van der Waals surface area contributed by atoms with Crippen molar-refractivity contribution >= 4 is 11.0 Å². The molecule has 1 N–H and O–H groups in total. The fourth-order valence-electron chi connectivity index (χ4n) is 2.32. The van der Waals surface area contributed by atoms with Gasteiger partial charge in [0, 0.05) is 17.1 Å². The van der Waals surface area contributed by atoms with Crippen LogP contribution in [0.5, 0.6) is 0 Å². The van der Waals surface area contributed by atoms with E-state index < -0.39 is 0 Å². The van der Waals surface area contributed by atoms with Gasteiger partial charge in [-0.15, -0.1) is 0 Å². The van der Waals surface area contributed by atoms with E-state index in [1.165, 1.54) is 0 Å². The zero-order valence-corrected chi connectivity index (χ0v) is 11.5. The molecule has 3 rings (SSSR count). The molecule has 0 amide bonds. The van der Waals surface area contributed by atoms with Crippen LogP contribution in [0.1, 0.15) is 19.5 Å². The SMILES string of the molecule is CC(C)Cc1cc(=O)[nH]c(-c2coc3ccccc23)n1. The summed E-state index contributed by atoms with van der Waals surface area (Å²) < 4.78 is 5.50. The second-order valence-electron chi connectivity index (χ2n) is 5.33. The first-order valence-corrected chi connectivity index (χ1v) is 6.70. The maximum absolute atomic E-state index is 11.8. The minimum Gasteiger partial charge on any atom is -0.464 e. The number of benzene rings is 1. The first-order chi connectivity index (χ1) is 9.63. The van der Waals surface area contributed by atoms with Crippen molar-refractivity contribution in [2.75, 3.05) is 0 Å². The van der Waals surface area contributed by atoms with Gasteiger partial charge in [-0.1, -0.05) is 32.0 Å². The van der Waals surface area contributed by atoms with E-state index in [2.05, 4.69) is 23.8 Å². The molecule has 102 valence electrons. The van der Waals surface area contributed by atoms with Gasteiger partial charge in [-0.25, -0.2) is 4.98 Å². The highest BCUT2D eigenvalue weighted by molar-refractivity contribution is 5.91. The highest BCUT2D eigenvalue weighted by Gasteiger charge is 2.11. The lowest BCUT2D eigenvalue weighted by Crippen LogP contribution is -2.11. The van der Waals surface area contributed by atoms with Gasteiger partial charge in [-0.05, 0) is 18.4 Å². The summed E-state index contributed by atoms with van der Waals surface area (Å²) in [6.07, 6.45) is 2.43. The van der Waals surface area contributed by atoms with E-state index in [0.29, 0.717) is 11.7 Å². The Bertz CT molecular complexity index is 799. The van der Waals surface area contributed by atoms with Crippen LogP contribution in [0.3, 0.4) is 0 Å². The molecule has 0 aliphatic carbocycles. The van der Waals surface area contributed by atoms with Crippen molar-refractivity contribution in [3.8, 4) is 11.4 Å². The Labute approximate surface area is 116 Å². The monoisotopic (exact) mass is 268 g/mol. The molecule has 0 bridgehead atoms. The van der Waals surface area contributed by atoms with Gasteiger partial charge in [0.05, 0.1) is 5.56 Å². The molecule has 20 heavy (non-hydrogen) atoms. The van der Waals surface area contributed by atoms with E-state index in [4.69, 9.17) is 4.42 Å². The van der Waals surface area contributed by atoms with Crippen LogP contribution >= 0.6 is 0 Å². The van der Waals surface area contributed by atoms with Crippen molar-refractivity contribution in [1.29, 1.82) is 0 Å². The standard InChI is InChI=1S/C16H16N2O2/c1-10(2)7-11-8-15(19)18-16(17-11)13-9-20-14-6-4-3-5-12(13)14/h3-6,8-10H,7H2,1-2H3,(H,17,18,19). The van der Waals surface area contributed by atoms with Crippen LogP contribution in [0.15, 0.2) is 45.8 Å². The quantitative estimate of drug-likeness (QED) is 0.792. The number of hydrogen-bond donors (Lipinski definition) is 1. The number of para-hydroxylation sites is 1. The van der Waals surface area contributed by atoms with Gasteiger partial charge in [-0.2, -0.15) is 0 Å². The summed E-state index contributed by atoms with van der Waals surface area (Å²) in [6, 6.07) is 9.28. The molecule has 1 aromatic carbocycles. The van der Waals surface area contributed by atoms with Crippen molar-refractivity contribution in [3.05, 3.63) is 52.6 Å². The number of aromatic amines is 1. The molecule has 0 aliphatic rings. The van der Waals surface area contributed by atoms with Crippen LogP contribution in [0.2, 0.25) is 0 Å². The summed E-state index contributed by atoms with van der Waals surface area (Å²) in [5, 5.41) is 0.956. The van der Waals surface area contributed by atoms with Crippen molar-refractivity contribution in [1.82, 2.24) is 9.97 Å². The zero-order chi connectivity index (χ0) is 14.1. The number of nitrogens with zero attached hydrogens (tertiary/aromatic N) is 1. The summed E-state index contributed by atoms with van der Waals surface area (Å²) in [6.45, 7) is 4.21. The molecule has 0 radical (unpaired) electrons. The van der Waals surface area contributed by atoms with Crippen molar-refractivity contribution in [2.45, 2.75) is 20.3 Å². The molecule has 0 unspecified atom stereocenters. The van der Waals surface area contributed by atoms with E-state index >= 15 is 0 Å². The van der Waals surface area contributed by atoms with Gasteiger partial charge >= 0.3 is 0 Å². The summed E-state index contributed by atoms with van der Waals surface area (Å²) in [5.41, 5.74) is 2.29. The second-order valence-corrected chi connectivity index (χ2v) is 5.33. The number of H-pyrrole nitrogens is 1. The highest BCUT2D eigenvalue weighted by atomic mass is 16.3. The smallest absolute Gasteiger partial charge is 0.251 e. The zero-order valence-electron chi connectivity index (χ0n) is 11.5. The number of furan rings is 1. The topological polar surface area (TPSA) is 58.9 Å². The van der Waals surface area contributed by atoms with Crippen LogP contribution in [0.25, 0.3) is 22.4 Å². The Morgan fingerprint density at radius 2 is 2.10 bits per heavy atom. The third kappa shape index (κ3) is 2.37. The maximum Gasteiger partial charge on any atom is 0.251 e. The molecule has 3 aromatic rings. The van der Waals surface area contributed by atoms with Crippen LogP contribution in [-0.2, 0) is 6.42 Å². The first-order valence-electron chi connectivity index (χ1n) is 6.70. The minimum absolute atomic E-state index is 0.129. The Morgan fingerprint density at radius 1 is 1.30 bits per heavy atom. The molecule has 0 spiro atoms. The maximum atomic E-state index is 11.8. The number of rotatable bonds is 3. The summed E-state index contributed by atoms with van der Waals surface area (Å²) in [4.78, 5) is 19.1. The van der Waals surface area contributed by atoms with Gasteiger partial charge in [0.1, 0.15) is 17.7 Å². The van der Waals surface area contributed by atoms with Crippen molar-refractivity contribution < 1.29 is 4.42 Å². The highest BCUT2D eigenvalue weighted by Crippen LogP contribution is 2.27. The van der Waals surface area contributed by atoms with Crippen LogP contribution in [-0.4, -0.2) is 9.97 Å². The number of nitrogens with one attached hydrogen (secondary N) is 1. The fraction of sp³-hybridized carbons (Fsp3) is 0.250. The van der Waals surface area contributed by atoms with E-state index in [0.717, 1.165) is 28.6 Å². The van der Waals surface area contributed by atoms with E-state index in [1.54, 1.807) is 12.3 Å². The largest absolute Gasteiger partial charge is 0.464 e. The van der Waals surface area contributed by atoms with Gasteiger partial charge in [0.25, 0.3) is 5.56 Å². The molecule has 4 nitrogen and oxygen atoms in total. The average Bonchev–Trinajstić information content (AvgIpc) is 2.80. The van der Waals surface area contributed by atoms with E-state index in [-0.39, 0.29) is 5.56 Å². The lowest BCUT2D eigenvalue weighted by molar-refractivity contribution is 0.616. The molecule has 4 heteroatoms. The third-order valence-electron chi connectivity index (χ3n) is 3.15. The number of hydrogen-bond acceptors (Lipinski definition) is 3. The molecule has 0 saturated carbocycles.